The van der Waals surface area contributed by atoms with Gasteiger partial charge in [0.05, 0.1) is 0 Å². The van der Waals surface area contributed by atoms with Gasteiger partial charge in [0.2, 0.25) is 0 Å². The van der Waals surface area contributed by atoms with Crippen molar-refractivity contribution in [3.05, 3.63) is 34.9 Å². The predicted octanol–water partition coefficient (Wildman–Crippen LogP) is 4.10. The smallest absolute Gasteiger partial charge is 0.168 e. The molecule has 15 heavy (non-hydrogen) atoms. The lowest BCUT2D eigenvalue weighted by Gasteiger charge is -2.21. The molecule has 0 heterocycles. The molecule has 0 atom stereocenters. The van der Waals surface area contributed by atoms with Crippen LogP contribution in [-0.2, 0) is 0 Å². The van der Waals surface area contributed by atoms with Crippen molar-refractivity contribution >= 4 is 17.4 Å². The van der Waals surface area contributed by atoms with Gasteiger partial charge in [-0.1, -0.05) is 31.4 Å². The predicted molar refractivity (Wildman–Crippen MR) is 62.4 cm³/mol. The minimum Gasteiger partial charge on any atom is -0.294 e. The van der Waals surface area contributed by atoms with Gasteiger partial charge in [-0.25, -0.2) is 0 Å². The van der Waals surface area contributed by atoms with Gasteiger partial charge in [-0.15, -0.1) is 0 Å². The largest absolute Gasteiger partial charge is 0.294 e. The van der Waals surface area contributed by atoms with Crippen LogP contribution in [-0.4, -0.2) is 5.78 Å². The Labute approximate surface area is 95.4 Å². The van der Waals surface area contributed by atoms with Gasteiger partial charge in [0, 0.05) is 16.0 Å². The molecule has 2 heteroatoms. The number of hydrogen-bond donors (Lipinski definition) is 0. The Hall–Kier alpha value is -0.820. The van der Waals surface area contributed by atoms with E-state index in [-0.39, 0.29) is 11.2 Å². The number of benzene rings is 1. The quantitative estimate of drug-likeness (QED) is 0.689. The fourth-order valence-electron chi connectivity index (χ4n) is 2.33. The number of ketones is 1. The second-order valence-electron chi connectivity index (χ2n) is 4.60. The molecule has 1 nitrogen and oxygen atoms in total. The van der Waals surface area contributed by atoms with E-state index in [0.717, 1.165) is 18.4 Å². The molecule has 1 aromatic rings. The maximum Gasteiger partial charge on any atom is 0.168 e. The van der Waals surface area contributed by atoms with Gasteiger partial charge in [0.25, 0.3) is 0 Å². The molecule has 80 valence electrons. The van der Waals surface area contributed by atoms with Crippen molar-refractivity contribution in [2.75, 3.05) is 0 Å². The van der Waals surface area contributed by atoms with Crippen LogP contribution in [0.25, 0.3) is 0 Å². The molecule has 0 spiro atoms. The molecule has 1 aliphatic rings. The summed E-state index contributed by atoms with van der Waals surface area (Å²) in [5, 5.41) is 0.683. The van der Waals surface area contributed by atoms with Crippen molar-refractivity contribution in [3.8, 4) is 0 Å². The van der Waals surface area contributed by atoms with E-state index < -0.39 is 0 Å². The first-order valence-corrected chi connectivity index (χ1v) is 5.80. The van der Waals surface area contributed by atoms with Crippen LogP contribution in [0.5, 0.6) is 0 Å². The van der Waals surface area contributed by atoms with Crippen molar-refractivity contribution in [3.63, 3.8) is 0 Å². The highest BCUT2D eigenvalue weighted by molar-refractivity contribution is 6.30. The topological polar surface area (TPSA) is 17.1 Å². The van der Waals surface area contributed by atoms with Gasteiger partial charge in [-0.05, 0) is 37.1 Å². The summed E-state index contributed by atoms with van der Waals surface area (Å²) in [4.78, 5) is 12.2. The second-order valence-corrected chi connectivity index (χ2v) is 5.04. The summed E-state index contributed by atoms with van der Waals surface area (Å²) in [6.45, 7) is 2.08. The lowest BCUT2D eigenvalue weighted by atomic mass is 9.81. The monoisotopic (exact) mass is 222 g/mol. The van der Waals surface area contributed by atoms with Crippen molar-refractivity contribution in [2.24, 2.45) is 5.41 Å². The molecular formula is C13H15ClO. The highest BCUT2D eigenvalue weighted by Crippen LogP contribution is 2.40. The molecule has 0 radical (unpaired) electrons. The minimum atomic E-state index is -0.131. The van der Waals surface area contributed by atoms with Gasteiger partial charge in [0.1, 0.15) is 0 Å². The van der Waals surface area contributed by atoms with Crippen LogP contribution in [0.1, 0.15) is 43.0 Å². The first-order chi connectivity index (χ1) is 7.12. The Morgan fingerprint density at radius 1 is 1.20 bits per heavy atom. The average Bonchev–Trinajstić information content (AvgIpc) is 2.67. The summed E-state index contributed by atoms with van der Waals surface area (Å²) in [6, 6.07) is 7.22. The maximum atomic E-state index is 12.2. The molecule has 0 N–H and O–H groups in total. The van der Waals surface area contributed by atoms with E-state index >= 15 is 0 Å². The molecule has 2 rings (SSSR count). The number of carbonyl (C=O) groups excluding carboxylic acids is 1. The Morgan fingerprint density at radius 2 is 1.73 bits per heavy atom. The molecular weight excluding hydrogens is 208 g/mol. The molecule has 1 saturated carbocycles. The van der Waals surface area contributed by atoms with Crippen LogP contribution < -0.4 is 0 Å². The molecule has 0 bridgehead atoms. The van der Waals surface area contributed by atoms with Crippen LogP contribution in [0.3, 0.4) is 0 Å². The number of carbonyl (C=O) groups is 1. The summed E-state index contributed by atoms with van der Waals surface area (Å²) >= 11 is 5.80. The molecule has 0 aliphatic heterocycles. The van der Waals surface area contributed by atoms with Crippen molar-refractivity contribution in [2.45, 2.75) is 32.6 Å². The maximum absolute atomic E-state index is 12.2. The van der Waals surface area contributed by atoms with E-state index in [1.807, 2.05) is 12.1 Å². The van der Waals surface area contributed by atoms with Gasteiger partial charge in [0.15, 0.2) is 5.78 Å². The lowest BCUT2D eigenvalue weighted by molar-refractivity contribution is 0.0823. The summed E-state index contributed by atoms with van der Waals surface area (Å²) in [5.74, 6) is 0.275. The van der Waals surface area contributed by atoms with Crippen molar-refractivity contribution < 1.29 is 4.79 Å². The minimum absolute atomic E-state index is 0.131. The highest BCUT2D eigenvalue weighted by atomic mass is 35.5. The fourth-order valence-corrected chi connectivity index (χ4v) is 2.46. The molecule has 1 aliphatic carbocycles. The van der Waals surface area contributed by atoms with E-state index in [4.69, 9.17) is 11.6 Å². The molecule has 1 aromatic carbocycles. The summed E-state index contributed by atoms with van der Waals surface area (Å²) in [5.41, 5.74) is 0.664. The first-order valence-electron chi connectivity index (χ1n) is 5.42. The van der Waals surface area contributed by atoms with Gasteiger partial charge in [-0.2, -0.15) is 0 Å². The zero-order valence-electron chi connectivity index (χ0n) is 8.92. The molecule has 0 unspecified atom stereocenters. The third kappa shape index (κ3) is 2.07. The van der Waals surface area contributed by atoms with Crippen LogP contribution in [0.2, 0.25) is 5.02 Å². The van der Waals surface area contributed by atoms with E-state index in [1.54, 1.807) is 12.1 Å². The summed E-state index contributed by atoms with van der Waals surface area (Å²) in [6.07, 6.45) is 4.40. The van der Waals surface area contributed by atoms with Crippen LogP contribution in [0, 0.1) is 5.41 Å². The van der Waals surface area contributed by atoms with Gasteiger partial charge < -0.3 is 0 Å². The first kappa shape index (κ1) is 10.7. The van der Waals surface area contributed by atoms with Crippen molar-refractivity contribution in [1.29, 1.82) is 0 Å². The molecule has 0 saturated heterocycles. The van der Waals surface area contributed by atoms with Crippen LogP contribution >= 0.6 is 11.6 Å². The standard InChI is InChI=1S/C13H15ClO/c1-13(8-2-3-9-13)12(15)10-4-6-11(14)7-5-10/h4-7H,2-3,8-9H2,1H3. The summed E-state index contributed by atoms with van der Waals surface area (Å²) in [7, 11) is 0. The number of Topliss-reactive ketones (excluding diaryl/α,β-unsaturated/α-hetero) is 1. The highest BCUT2D eigenvalue weighted by Gasteiger charge is 2.36. The van der Waals surface area contributed by atoms with Crippen LogP contribution in [0.4, 0.5) is 0 Å². The van der Waals surface area contributed by atoms with E-state index in [1.165, 1.54) is 12.8 Å². The van der Waals surface area contributed by atoms with Gasteiger partial charge in [-0.3, -0.25) is 4.79 Å². The van der Waals surface area contributed by atoms with Crippen molar-refractivity contribution in [1.82, 2.24) is 0 Å². The molecule has 1 fully saturated rings. The normalized spacial score (nSPS) is 19.1. The zero-order valence-corrected chi connectivity index (χ0v) is 9.68. The Bertz CT molecular complexity index is 361. The average molecular weight is 223 g/mol. The number of rotatable bonds is 2. The zero-order chi connectivity index (χ0) is 10.9. The van der Waals surface area contributed by atoms with E-state index in [9.17, 15) is 4.79 Å². The van der Waals surface area contributed by atoms with Gasteiger partial charge >= 0.3 is 0 Å². The third-order valence-corrected chi connectivity index (χ3v) is 3.61. The Kier molecular flexibility index (Phi) is 2.83. The van der Waals surface area contributed by atoms with Crippen LogP contribution in [0.15, 0.2) is 24.3 Å². The van der Waals surface area contributed by atoms with E-state index in [2.05, 4.69) is 6.92 Å². The lowest BCUT2D eigenvalue weighted by Crippen LogP contribution is -2.24. The third-order valence-electron chi connectivity index (χ3n) is 3.36. The fraction of sp³-hybridized carbons (Fsp3) is 0.462. The van der Waals surface area contributed by atoms with E-state index in [0.29, 0.717) is 5.02 Å². The number of halogens is 1. The Morgan fingerprint density at radius 3 is 2.27 bits per heavy atom. The molecule has 0 amide bonds. The second kappa shape index (κ2) is 3.97. The summed E-state index contributed by atoms with van der Waals surface area (Å²) < 4.78 is 0. The number of hydrogen-bond acceptors (Lipinski definition) is 1. The SMILES string of the molecule is CC1(C(=O)c2ccc(Cl)cc2)CCCC1. The molecule has 0 aromatic heterocycles. The Balaban J connectivity index is 2.24.